The van der Waals surface area contributed by atoms with Crippen LogP contribution in [0.5, 0.6) is 0 Å². The zero-order valence-corrected chi connectivity index (χ0v) is 16.2. The molecule has 6 heteroatoms. The Morgan fingerprint density at radius 2 is 2.04 bits per heavy atom. The van der Waals surface area contributed by atoms with Gasteiger partial charge in [0.15, 0.2) is 0 Å². The first-order valence-corrected chi connectivity index (χ1v) is 10.1. The molecule has 138 valence electrons. The molecule has 2 atom stereocenters. The van der Waals surface area contributed by atoms with Crippen molar-refractivity contribution in [1.29, 1.82) is 0 Å². The topological polar surface area (TPSA) is 52.7 Å². The third kappa shape index (κ3) is 5.75. The third-order valence-corrected chi connectivity index (χ3v) is 5.73. The fourth-order valence-corrected chi connectivity index (χ4v) is 4.29. The predicted octanol–water partition coefficient (Wildman–Crippen LogP) is 2.69. The summed E-state index contributed by atoms with van der Waals surface area (Å²) in [6.07, 6.45) is 1.96. The molecule has 1 aromatic carbocycles. The monoisotopic (exact) mass is 363 g/mol. The van der Waals surface area contributed by atoms with E-state index >= 15 is 0 Å². The van der Waals surface area contributed by atoms with Crippen molar-refractivity contribution in [3.8, 4) is 0 Å². The van der Waals surface area contributed by atoms with Crippen LogP contribution in [0.1, 0.15) is 26.7 Å². The molecular weight excluding hydrogens is 334 g/mol. The maximum absolute atomic E-state index is 12.8. The average Bonchev–Trinajstić information content (AvgIpc) is 3.14. The molecule has 5 nitrogen and oxygen atoms in total. The number of thioether (sulfide) groups is 1. The number of amides is 2. The lowest BCUT2D eigenvalue weighted by Gasteiger charge is -2.31. The van der Waals surface area contributed by atoms with Crippen molar-refractivity contribution in [2.75, 3.05) is 37.0 Å². The second-order valence-electron chi connectivity index (χ2n) is 6.55. The highest BCUT2D eigenvalue weighted by Crippen LogP contribution is 2.21. The number of para-hydroxylation sites is 1. The number of hydrogen-bond acceptors (Lipinski definition) is 4. The summed E-state index contributed by atoms with van der Waals surface area (Å²) in [6, 6.07) is 9.34. The molecule has 0 unspecified atom stereocenters. The molecule has 0 bridgehead atoms. The summed E-state index contributed by atoms with van der Waals surface area (Å²) in [5.74, 6) is 2.13. The summed E-state index contributed by atoms with van der Waals surface area (Å²) in [6.45, 7) is 4.79. The van der Waals surface area contributed by atoms with Crippen molar-refractivity contribution in [1.82, 2.24) is 9.80 Å². The SMILES string of the molecule is CCCN(C(=O)CN(C)[C@@H]1CCSC1)[C@H](C)C(=O)Nc1ccccc1. The lowest BCUT2D eigenvalue weighted by Crippen LogP contribution is -2.50. The van der Waals surface area contributed by atoms with Crippen LogP contribution in [-0.4, -0.2) is 65.3 Å². The summed E-state index contributed by atoms with van der Waals surface area (Å²) in [5.41, 5.74) is 0.753. The third-order valence-electron chi connectivity index (χ3n) is 4.59. The second kappa shape index (κ2) is 9.82. The van der Waals surface area contributed by atoms with Gasteiger partial charge in [-0.1, -0.05) is 25.1 Å². The van der Waals surface area contributed by atoms with Crippen LogP contribution in [-0.2, 0) is 9.59 Å². The van der Waals surface area contributed by atoms with Gasteiger partial charge >= 0.3 is 0 Å². The first kappa shape index (κ1) is 19.8. The smallest absolute Gasteiger partial charge is 0.246 e. The quantitative estimate of drug-likeness (QED) is 0.772. The highest BCUT2D eigenvalue weighted by Gasteiger charge is 2.28. The molecule has 0 radical (unpaired) electrons. The second-order valence-corrected chi connectivity index (χ2v) is 7.70. The Balaban J connectivity index is 1.96. The van der Waals surface area contributed by atoms with Gasteiger partial charge in [-0.05, 0) is 44.7 Å². The summed E-state index contributed by atoms with van der Waals surface area (Å²) in [7, 11) is 2.01. The minimum absolute atomic E-state index is 0.0250. The van der Waals surface area contributed by atoms with Crippen LogP contribution < -0.4 is 5.32 Å². The number of carbonyl (C=O) groups excluding carboxylic acids is 2. The summed E-state index contributed by atoms with van der Waals surface area (Å²) < 4.78 is 0. The number of likely N-dealkylation sites (N-methyl/N-ethyl adjacent to an activating group) is 1. The molecule has 0 spiro atoms. The van der Waals surface area contributed by atoms with Crippen LogP contribution in [0.4, 0.5) is 5.69 Å². The molecule has 1 aliphatic heterocycles. The van der Waals surface area contributed by atoms with Crippen molar-refractivity contribution < 1.29 is 9.59 Å². The highest BCUT2D eigenvalue weighted by atomic mass is 32.2. The van der Waals surface area contributed by atoms with Gasteiger partial charge in [-0.25, -0.2) is 0 Å². The molecule has 2 rings (SSSR count). The number of anilines is 1. The van der Waals surface area contributed by atoms with E-state index in [1.165, 1.54) is 0 Å². The van der Waals surface area contributed by atoms with Crippen molar-refractivity contribution in [2.45, 2.75) is 38.8 Å². The Morgan fingerprint density at radius 3 is 2.64 bits per heavy atom. The maximum atomic E-state index is 12.8. The first-order valence-electron chi connectivity index (χ1n) is 8.96. The maximum Gasteiger partial charge on any atom is 0.246 e. The van der Waals surface area contributed by atoms with E-state index < -0.39 is 6.04 Å². The molecule has 1 fully saturated rings. The van der Waals surface area contributed by atoms with Crippen molar-refractivity contribution in [3.63, 3.8) is 0 Å². The lowest BCUT2D eigenvalue weighted by molar-refractivity contribution is -0.139. The van der Waals surface area contributed by atoms with Crippen molar-refractivity contribution in [3.05, 3.63) is 30.3 Å². The van der Waals surface area contributed by atoms with Crippen LogP contribution in [0, 0.1) is 0 Å². The van der Waals surface area contributed by atoms with Crippen molar-refractivity contribution >= 4 is 29.3 Å². The number of carbonyl (C=O) groups is 2. The molecule has 0 saturated carbocycles. The van der Waals surface area contributed by atoms with E-state index in [1.54, 1.807) is 11.8 Å². The largest absolute Gasteiger partial charge is 0.330 e. The number of nitrogens with zero attached hydrogens (tertiary/aromatic N) is 2. The molecule has 1 saturated heterocycles. The minimum Gasteiger partial charge on any atom is -0.330 e. The van der Waals surface area contributed by atoms with Gasteiger partial charge in [-0.15, -0.1) is 0 Å². The van der Waals surface area contributed by atoms with E-state index in [4.69, 9.17) is 0 Å². The van der Waals surface area contributed by atoms with Gasteiger partial charge in [0.2, 0.25) is 11.8 Å². The molecule has 1 N–H and O–H groups in total. The molecule has 0 aromatic heterocycles. The van der Waals surface area contributed by atoms with Gasteiger partial charge < -0.3 is 10.2 Å². The minimum atomic E-state index is -0.487. The molecule has 0 aliphatic carbocycles. The number of hydrogen-bond donors (Lipinski definition) is 1. The van der Waals surface area contributed by atoms with E-state index in [0.717, 1.165) is 30.0 Å². The Bertz CT molecular complexity index is 561. The molecule has 2 amide bonds. The van der Waals surface area contributed by atoms with E-state index in [0.29, 0.717) is 19.1 Å². The Kier molecular flexibility index (Phi) is 7.78. The van der Waals surface area contributed by atoms with Crippen LogP contribution >= 0.6 is 11.8 Å². The Morgan fingerprint density at radius 1 is 1.32 bits per heavy atom. The zero-order chi connectivity index (χ0) is 18.2. The molecule has 1 heterocycles. The van der Waals surface area contributed by atoms with E-state index in [1.807, 2.05) is 56.1 Å². The normalized spacial score (nSPS) is 18.2. The number of rotatable bonds is 8. The van der Waals surface area contributed by atoms with Crippen LogP contribution in [0.3, 0.4) is 0 Å². The molecule has 1 aliphatic rings. The fourth-order valence-electron chi connectivity index (χ4n) is 2.99. The van der Waals surface area contributed by atoms with Gasteiger partial charge in [0.25, 0.3) is 0 Å². The zero-order valence-electron chi connectivity index (χ0n) is 15.4. The van der Waals surface area contributed by atoms with Gasteiger partial charge in [0, 0.05) is 24.0 Å². The van der Waals surface area contributed by atoms with Crippen LogP contribution in [0.15, 0.2) is 30.3 Å². The first-order chi connectivity index (χ1) is 12.0. The van der Waals surface area contributed by atoms with E-state index in [2.05, 4.69) is 10.2 Å². The number of benzene rings is 1. The Labute approximate surface area is 155 Å². The molecular formula is C19H29N3O2S. The summed E-state index contributed by atoms with van der Waals surface area (Å²) >= 11 is 1.94. The van der Waals surface area contributed by atoms with E-state index in [9.17, 15) is 9.59 Å². The van der Waals surface area contributed by atoms with Crippen LogP contribution in [0.2, 0.25) is 0 Å². The standard InChI is InChI=1S/C19H29N3O2S/c1-4-11-22(18(23)13-21(3)17-10-12-25-14-17)15(2)19(24)20-16-8-6-5-7-9-16/h5-9,15,17H,4,10-14H2,1-3H3,(H,20,24)/t15-,17-/m1/s1. The fraction of sp³-hybridized carbons (Fsp3) is 0.579. The Hall–Kier alpha value is -1.53. The summed E-state index contributed by atoms with van der Waals surface area (Å²) in [5, 5.41) is 2.89. The van der Waals surface area contributed by atoms with Gasteiger partial charge in [0.1, 0.15) is 6.04 Å². The van der Waals surface area contributed by atoms with Gasteiger partial charge in [-0.2, -0.15) is 11.8 Å². The lowest BCUT2D eigenvalue weighted by atomic mass is 10.2. The van der Waals surface area contributed by atoms with Crippen LogP contribution in [0.25, 0.3) is 0 Å². The average molecular weight is 364 g/mol. The van der Waals surface area contributed by atoms with E-state index in [-0.39, 0.29) is 11.8 Å². The van der Waals surface area contributed by atoms with Crippen molar-refractivity contribution in [2.24, 2.45) is 0 Å². The van der Waals surface area contributed by atoms with Gasteiger partial charge in [-0.3, -0.25) is 14.5 Å². The number of nitrogens with one attached hydrogen (secondary N) is 1. The predicted molar refractivity (Wildman–Crippen MR) is 105 cm³/mol. The highest BCUT2D eigenvalue weighted by molar-refractivity contribution is 7.99. The van der Waals surface area contributed by atoms with Gasteiger partial charge in [0.05, 0.1) is 6.54 Å². The molecule has 1 aromatic rings. The summed E-state index contributed by atoms with van der Waals surface area (Å²) in [4.78, 5) is 29.2. The molecule has 25 heavy (non-hydrogen) atoms.